The van der Waals surface area contributed by atoms with Crippen LogP contribution in [0.5, 0.6) is 0 Å². The van der Waals surface area contributed by atoms with Crippen molar-refractivity contribution in [3.63, 3.8) is 0 Å². The smallest absolute Gasteiger partial charge is 0.262 e. The molecule has 3 aromatic heterocycles. The maximum absolute atomic E-state index is 13.2. The van der Waals surface area contributed by atoms with Gasteiger partial charge in [0.15, 0.2) is 0 Å². The van der Waals surface area contributed by atoms with Crippen molar-refractivity contribution in [3.05, 3.63) is 33.6 Å². The number of thiophene rings is 1. The zero-order chi connectivity index (χ0) is 19.3. The maximum Gasteiger partial charge on any atom is 0.262 e. The Hall–Kier alpha value is -1.92. The minimum Gasteiger partial charge on any atom is -0.349 e. The summed E-state index contributed by atoms with van der Waals surface area (Å²) >= 11 is 7.92. The van der Waals surface area contributed by atoms with Crippen molar-refractivity contribution in [1.29, 1.82) is 0 Å². The van der Waals surface area contributed by atoms with Gasteiger partial charge < -0.3 is 5.32 Å². The summed E-state index contributed by atoms with van der Waals surface area (Å²) in [5, 5.41) is 9.14. The highest BCUT2D eigenvalue weighted by atomic mass is 35.5. The summed E-state index contributed by atoms with van der Waals surface area (Å²) in [6, 6.07) is 0.249. The lowest BCUT2D eigenvalue weighted by Crippen LogP contribution is -2.32. The molecular weight excluding hydrogens is 380 g/mol. The van der Waals surface area contributed by atoms with Crippen molar-refractivity contribution in [2.24, 2.45) is 13.0 Å². The lowest BCUT2D eigenvalue weighted by Gasteiger charge is -2.12. The summed E-state index contributed by atoms with van der Waals surface area (Å²) in [6.07, 6.45) is 6.98. The van der Waals surface area contributed by atoms with E-state index in [1.807, 2.05) is 27.1 Å². The molecule has 3 aromatic rings. The molecule has 1 fully saturated rings. The average molecular weight is 403 g/mol. The van der Waals surface area contributed by atoms with Crippen LogP contribution in [0.25, 0.3) is 21.3 Å². The van der Waals surface area contributed by atoms with E-state index in [0.717, 1.165) is 45.4 Å². The Morgan fingerprint density at radius 1 is 1.37 bits per heavy atom. The Kier molecular flexibility index (Phi) is 4.72. The van der Waals surface area contributed by atoms with E-state index in [-0.39, 0.29) is 11.9 Å². The number of carbonyl (C=O) groups is 1. The lowest BCUT2D eigenvalue weighted by molar-refractivity contribution is 0.0942. The van der Waals surface area contributed by atoms with Gasteiger partial charge in [0, 0.05) is 35.8 Å². The highest BCUT2D eigenvalue weighted by Gasteiger charge is 2.28. The fourth-order valence-corrected chi connectivity index (χ4v) is 5.35. The molecule has 5 nitrogen and oxygen atoms in total. The number of fused-ring (bicyclic) bond motifs is 1. The molecule has 0 spiro atoms. The molecule has 1 amide bonds. The Morgan fingerprint density at radius 2 is 2.15 bits per heavy atom. The van der Waals surface area contributed by atoms with Crippen LogP contribution in [0.4, 0.5) is 0 Å². The summed E-state index contributed by atoms with van der Waals surface area (Å²) in [5.74, 6) is 0.644. The molecule has 2 atom stereocenters. The van der Waals surface area contributed by atoms with Gasteiger partial charge in [-0.15, -0.1) is 11.3 Å². The van der Waals surface area contributed by atoms with E-state index in [1.165, 1.54) is 17.8 Å². The molecule has 142 valence electrons. The van der Waals surface area contributed by atoms with E-state index in [1.54, 1.807) is 10.9 Å². The van der Waals surface area contributed by atoms with Gasteiger partial charge in [0.25, 0.3) is 5.91 Å². The Morgan fingerprint density at radius 3 is 2.78 bits per heavy atom. The molecule has 4 rings (SSSR count). The number of aromatic nitrogens is 3. The normalized spacial score (nSPS) is 19.7. The molecule has 3 heterocycles. The number of nitrogens with one attached hydrogen (secondary N) is 1. The molecule has 0 aliphatic heterocycles. The largest absolute Gasteiger partial charge is 0.349 e. The first-order valence-electron chi connectivity index (χ1n) is 9.24. The zero-order valence-corrected chi connectivity index (χ0v) is 17.5. The first-order valence-corrected chi connectivity index (χ1v) is 10.4. The molecule has 1 aliphatic carbocycles. The predicted molar refractivity (Wildman–Crippen MR) is 111 cm³/mol. The van der Waals surface area contributed by atoms with Gasteiger partial charge in [0.2, 0.25) is 0 Å². The molecule has 0 saturated heterocycles. The minimum absolute atomic E-state index is 0.0240. The predicted octanol–water partition coefficient (Wildman–Crippen LogP) is 4.89. The molecule has 2 unspecified atom stereocenters. The van der Waals surface area contributed by atoms with Gasteiger partial charge in [-0.05, 0) is 44.6 Å². The maximum atomic E-state index is 13.2. The van der Waals surface area contributed by atoms with E-state index < -0.39 is 0 Å². The number of rotatable bonds is 3. The van der Waals surface area contributed by atoms with Crippen LogP contribution in [0.2, 0.25) is 5.02 Å². The first-order chi connectivity index (χ1) is 12.8. The number of carbonyl (C=O) groups excluding carboxylic acids is 1. The standard InChI is InChI=1S/C20H23ClN4OS/c1-10-5-6-14(7-10)24-19(26)18-16(13-8-22-25(4)9-13)15-11(2)17(21)12(3)23-20(15)27-18/h8-10,14H,5-7H2,1-4H3,(H,24,26). The van der Waals surface area contributed by atoms with Crippen LogP contribution in [0.1, 0.15) is 47.1 Å². The molecule has 1 aliphatic rings. The van der Waals surface area contributed by atoms with Crippen LogP contribution in [0.3, 0.4) is 0 Å². The van der Waals surface area contributed by atoms with Crippen LogP contribution in [-0.4, -0.2) is 26.7 Å². The molecule has 1 N–H and O–H groups in total. The second-order valence-corrected chi connectivity index (χ2v) is 8.99. The number of hydrogen-bond acceptors (Lipinski definition) is 4. The highest BCUT2D eigenvalue weighted by molar-refractivity contribution is 7.21. The summed E-state index contributed by atoms with van der Waals surface area (Å²) in [6.45, 7) is 6.13. The third-order valence-electron chi connectivity index (χ3n) is 5.41. The SMILES string of the molecule is Cc1nc2sc(C(=O)NC3CCC(C)C3)c(-c3cnn(C)c3)c2c(C)c1Cl. The van der Waals surface area contributed by atoms with Crippen molar-refractivity contribution >= 4 is 39.1 Å². The number of halogens is 1. The second-order valence-electron chi connectivity index (χ2n) is 7.61. The summed E-state index contributed by atoms with van der Waals surface area (Å²) in [5.41, 5.74) is 3.55. The first kappa shape index (κ1) is 18.4. The number of amides is 1. The van der Waals surface area contributed by atoms with Gasteiger partial charge in [-0.1, -0.05) is 18.5 Å². The summed E-state index contributed by atoms with van der Waals surface area (Å²) < 4.78 is 1.75. The van der Waals surface area contributed by atoms with Crippen LogP contribution in [0, 0.1) is 19.8 Å². The van der Waals surface area contributed by atoms with Crippen molar-refractivity contribution in [3.8, 4) is 11.1 Å². The van der Waals surface area contributed by atoms with Crippen molar-refractivity contribution in [2.75, 3.05) is 0 Å². The number of hydrogen-bond donors (Lipinski definition) is 1. The number of aryl methyl sites for hydroxylation is 3. The van der Waals surface area contributed by atoms with Crippen LogP contribution < -0.4 is 5.32 Å². The number of pyridine rings is 1. The second kappa shape index (κ2) is 6.91. The zero-order valence-electron chi connectivity index (χ0n) is 16.0. The molecule has 0 radical (unpaired) electrons. The van der Waals surface area contributed by atoms with Crippen molar-refractivity contribution < 1.29 is 4.79 Å². The fourth-order valence-electron chi connectivity index (χ4n) is 4.00. The Balaban J connectivity index is 1.86. The van der Waals surface area contributed by atoms with E-state index in [2.05, 4.69) is 22.3 Å². The molecule has 0 bridgehead atoms. The summed E-state index contributed by atoms with van der Waals surface area (Å²) in [4.78, 5) is 19.4. The van der Waals surface area contributed by atoms with Gasteiger partial charge in [-0.25, -0.2) is 4.98 Å². The monoisotopic (exact) mass is 402 g/mol. The van der Waals surface area contributed by atoms with Gasteiger partial charge in [0.05, 0.1) is 16.9 Å². The van der Waals surface area contributed by atoms with Gasteiger partial charge >= 0.3 is 0 Å². The number of nitrogens with zero attached hydrogens (tertiary/aromatic N) is 3. The van der Waals surface area contributed by atoms with Gasteiger partial charge in [-0.3, -0.25) is 9.48 Å². The average Bonchev–Trinajstić information content (AvgIpc) is 3.31. The third kappa shape index (κ3) is 3.25. The molecule has 27 heavy (non-hydrogen) atoms. The molecule has 0 aromatic carbocycles. The van der Waals surface area contributed by atoms with Gasteiger partial charge in [-0.2, -0.15) is 5.10 Å². The topological polar surface area (TPSA) is 59.8 Å². The van der Waals surface area contributed by atoms with Crippen molar-refractivity contribution in [1.82, 2.24) is 20.1 Å². The Labute approximate surface area is 167 Å². The van der Waals surface area contributed by atoms with E-state index in [0.29, 0.717) is 15.8 Å². The lowest BCUT2D eigenvalue weighted by atomic mass is 10.0. The van der Waals surface area contributed by atoms with Crippen LogP contribution in [-0.2, 0) is 7.05 Å². The highest BCUT2D eigenvalue weighted by Crippen LogP contribution is 2.42. The van der Waals surface area contributed by atoms with Crippen molar-refractivity contribution in [2.45, 2.75) is 46.1 Å². The fraction of sp³-hybridized carbons (Fsp3) is 0.450. The van der Waals surface area contributed by atoms with Crippen LogP contribution >= 0.6 is 22.9 Å². The van der Waals surface area contributed by atoms with E-state index in [9.17, 15) is 4.79 Å². The van der Waals surface area contributed by atoms with E-state index >= 15 is 0 Å². The van der Waals surface area contributed by atoms with Crippen LogP contribution in [0.15, 0.2) is 12.4 Å². The Bertz CT molecular complexity index is 1040. The molecule has 1 saturated carbocycles. The van der Waals surface area contributed by atoms with E-state index in [4.69, 9.17) is 11.6 Å². The van der Waals surface area contributed by atoms with Gasteiger partial charge in [0.1, 0.15) is 9.71 Å². The minimum atomic E-state index is -0.0240. The molecule has 7 heteroatoms. The quantitative estimate of drug-likeness (QED) is 0.678. The molecular formula is C20H23ClN4OS. The third-order valence-corrected chi connectivity index (χ3v) is 7.05. The summed E-state index contributed by atoms with van der Waals surface area (Å²) in [7, 11) is 1.87.